The van der Waals surface area contributed by atoms with Gasteiger partial charge in [0.1, 0.15) is 18.1 Å². The van der Waals surface area contributed by atoms with Crippen LogP contribution in [0.3, 0.4) is 0 Å². The van der Waals surface area contributed by atoms with Crippen molar-refractivity contribution in [2.45, 2.75) is 4.90 Å². The van der Waals surface area contributed by atoms with Crippen LogP contribution in [0.4, 0.5) is 0 Å². The standard InChI is InChI=1S/C12H14BrNO4S2/c13-9-7-10-11(18-4-3-17-10)8-12(9)20(15,16)14-1-5-19-6-2-14/h7-8H,1-6H2. The van der Waals surface area contributed by atoms with E-state index >= 15 is 0 Å². The van der Waals surface area contributed by atoms with E-state index < -0.39 is 10.0 Å². The van der Waals surface area contributed by atoms with E-state index in [1.807, 2.05) is 0 Å². The summed E-state index contributed by atoms with van der Waals surface area (Å²) in [5, 5.41) is 0. The number of halogens is 1. The number of rotatable bonds is 2. The molecule has 2 aliphatic heterocycles. The van der Waals surface area contributed by atoms with Gasteiger partial charge in [-0.2, -0.15) is 16.1 Å². The van der Waals surface area contributed by atoms with Crippen LogP contribution in [0.5, 0.6) is 11.5 Å². The molecule has 0 N–H and O–H groups in total. The highest BCUT2D eigenvalue weighted by atomic mass is 79.9. The van der Waals surface area contributed by atoms with Gasteiger partial charge in [-0.25, -0.2) is 8.42 Å². The van der Waals surface area contributed by atoms with Gasteiger partial charge in [0.05, 0.1) is 0 Å². The third kappa shape index (κ3) is 2.66. The zero-order valence-corrected chi connectivity index (χ0v) is 13.9. The minimum absolute atomic E-state index is 0.244. The lowest BCUT2D eigenvalue weighted by atomic mass is 10.3. The van der Waals surface area contributed by atoms with E-state index in [0.29, 0.717) is 42.3 Å². The van der Waals surface area contributed by atoms with Crippen LogP contribution in [0.15, 0.2) is 21.5 Å². The topological polar surface area (TPSA) is 55.8 Å². The number of sulfonamides is 1. The summed E-state index contributed by atoms with van der Waals surface area (Å²) >= 11 is 5.11. The first-order chi connectivity index (χ1) is 9.59. The van der Waals surface area contributed by atoms with Gasteiger partial charge in [0, 0.05) is 35.1 Å². The van der Waals surface area contributed by atoms with Crippen molar-refractivity contribution in [2.75, 3.05) is 37.8 Å². The van der Waals surface area contributed by atoms with Crippen molar-refractivity contribution in [3.63, 3.8) is 0 Å². The second kappa shape index (κ2) is 5.75. The van der Waals surface area contributed by atoms with Crippen LogP contribution < -0.4 is 9.47 Å². The fourth-order valence-electron chi connectivity index (χ4n) is 2.17. The molecule has 0 unspecified atom stereocenters. The second-order valence-corrected chi connectivity index (χ2v) is 8.43. The summed E-state index contributed by atoms with van der Waals surface area (Å²) in [4.78, 5) is 0.244. The number of hydrogen-bond donors (Lipinski definition) is 0. The average Bonchev–Trinajstić information content (AvgIpc) is 2.47. The second-order valence-electron chi connectivity index (χ2n) is 4.44. The molecule has 110 valence electrons. The smallest absolute Gasteiger partial charge is 0.244 e. The van der Waals surface area contributed by atoms with Crippen LogP contribution in [0, 0.1) is 0 Å². The minimum atomic E-state index is -3.49. The van der Waals surface area contributed by atoms with Gasteiger partial charge in [0.25, 0.3) is 0 Å². The first kappa shape index (κ1) is 14.5. The Morgan fingerprint density at radius 3 is 2.35 bits per heavy atom. The van der Waals surface area contributed by atoms with E-state index in [4.69, 9.17) is 9.47 Å². The van der Waals surface area contributed by atoms with Gasteiger partial charge in [-0.1, -0.05) is 0 Å². The lowest BCUT2D eigenvalue weighted by Gasteiger charge is -2.27. The summed E-state index contributed by atoms with van der Waals surface area (Å²) in [6.45, 7) is 2.02. The van der Waals surface area contributed by atoms with E-state index in [-0.39, 0.29) is 4.90 Å². The molecule has 0 amide bonds. The molecule has 8 heteroatoms. The van der Waals surface area contributed by atoms with Gasteiger partial charge in [0.15, 0.2) is 11.5 Å². The molecule has 5 nitrogen and oxygen atoms in total. The summed E-state index contributed by atoms with van der Waals surface area (Å²) in [6.07, 6.45) is 0. The maximum atomic E-state index is 12.7. The fraction of sp³-hybridized carbons (Fsp3) is 0.500. The number of benzene rings is 1. The van der Waals surface area contributed by atoms with Crippen molar-refractivity contribution in [2.24, 2.45) is 0 Å². The molecule has 1 aromatic carbocycles. The Bertz CT molecular complexity index is 614. The Kier molecular flexibility index (Phi) is 4.16. The predicted octanol–water partition coefficient (Wildman–Crippen LogP) is 1.96. The van der Waals surface area contributed by atoms with Crippen LogP contribution in [0.25, 0.3) is 0 Å². The summed E-state index contributed by atoms with van der Waals surface area (Å²) < 4.78 is 38.3. The van der Waals surface area contributed by atoms with Crippen molar-refractivity contribution >= 4 is 37.7 Å². The van der Waals surface area contributed by atoms with E-state index in [1.54, 1.807) is 23.9 Å². The van der Waals surface area contributed by atoms with Gasteiger partial charge in [-0.3, -0.25) is 0 Å². The van der Waals surface area contributed by atoms with Crippen molar-refractivity contribution in [3.8, 4) is 11.5 Å². The molecule has 0 atom stereocenters. The molecular weight excluding hydrogens is 366 g/mol. The zero-order chi connectivity index (χ0) is 14.2. The SMILES string of the molecule is O=S(=O)(c1cc2c(cc1Br)OCCO2)N1CCSCC1. The van der Waals surface area contributed by atoms with E-state index in [2.05, 4.69) is 15.9 Å². The molecule has 0 aromatic heterocycles. The Hall–Kier alpha value is -0.440. The molecule has 0 bridgehead atoms. The molecule has 2 aliphatic rings. The molecule has 20 heavy (non-hydrogen) atoms. The van der Waals surface area contributed by atoms with Crippen LogP contribution >= 0.6 is 27.7 Å². The van der Waals surface area contributed by atoms with Crippen molar-refractivity contribution < 1.29 is 17.9 Å². The summed E-state index contributed by atoms with van der Waals surface area (Å²) in [6, 6.07) is 3.22. The number of hydrogen-bond acceptors (Lipinski definition) is 5. The number of thioether (sulfide) groups is 1. The molecule has 0 radical (unpaired) electrons. The largest absolute Gasteiger partial charge is 0.486 e. The molecule has 2 heterocycles. The molecule has 0 spiro atoms. The summed E-state index contributed by atoms with van der Waals surface area (Å²) in [5.41, 5.74) is 0. The number of fused-ring (bicyclic) bond motifs is 1. The first-order valence-corrected chi connectivity index (χ1v) is 9.65. The highest BCUT2D eigenvalue weighted by molar-refractivity contribution is 9.10. The average molecular weight is 380 g/mol. The maximum Gasteiger partial charge on any atom is 0.244 e. The molecule has 1 fully saturated rings. The van der Waals surface area contributed by atoms with Gasteiger partial charge >= 0.3 is 0 Å². The molecule has 1 saturated heterocycles. The quantitative estimate of drug-likeness (QED) is 0.785. The van der Waals surface area contributed by atoms with Crippen LogP contribution in [-0.2, 0) is 10.0 Å². The molecule has 1 aromatic rings. The van der Waals surface area contributed by atoms with Crippen molar-refractivity contribution in [1.82, 2.24) is 4.31 Å². The Labute approximate surface area is 130 Å². The fourth-order valence-corrected chi connectivity index (χ4v) is 5.74. The minimum Gasteiger partial charge on any atom is -0.486 e. The van der Waals surface area contributed by atoms with E-state index in [9.17, 15) is 8.42 Å². The van der Waals surface area contributed by atoms with Crippen LogP contribution in [0.2, 0.25) is 0 Å². The third-order valence-electron chi connectivity index (χ3n) is 3.18. The van der Waals surface area contributed by atoms with E-state index in [1.165, 1.54) is 4.31 Å². The monoisotopic (exact) mass is 379 g/mol. The van der Waals surface area contributed by atoms with Crippen LogP contribution in [-0.4, -0.2) is 50.5 Å². The van der Waals surface area contributed by atoms with Crippen molar-refractivity contribution in [1.29, 1.82) is 0 Å². The van der Waals surface area contributed by atoms with Gasteiger partial charge in [-0.15, -0.1) is 0 Å². The predicted molar refractivity (Wildman–Crippen MR) is 81.2 cm³/mol. The van der Waals surface area contributed by atoms with Gasteiger partial charge in [0.2, 0.25) is 10.0 Å². The number of ether oxygens (including phenoxy) is 2. The lowest BCUT2D eigenvalue weighted by Crippen LogP contribution is -2.38. The molecule has 0 saturated carbocycles. The van der Waals surface area contributed by atoms with Crippen LogP contribution in [0.1, 0.15) is 0 Å². The lowest BCUT2D eigenvalue weighted by molar-refractivity contribution is 0.171. The Balaban J connectivity index is 2.00. The Morgan fingerprint density at radius 1 is 1.10 bits per heavy atom. The summed E-state index contributed by atoms with van der Waals surface area (Å²) in [7, 11) is -3.49. The third-order valence-corrected chi connectivity index (χ3v) is 6.98. The highest BCUT2D eigenvalue weighted by Gasteiger charge is 2.30. The normalized spacial score (nSPS) is 19.9. The summed E-state index contributed by atoms with van der Waals surface area (Å²) in [5.74, 6) is 2.74. The highest BCUT2D eigenvalue weighted by Crippen LogP contribution is 2.38. The zero-order valence-electron chi connectivity index (χ0n) is 10.7. The number of nitrogens with zero attached hydrogens (tertiary/aromatic N) is 1. The van der Waals surface area contributed by atoms with Crippen molar-refractivity contribution in [3.05, 3.63) is 16.6 Å². The Morgan fingerprint density at radius 2 is 1.70 bits per heavy atom. The van der Waals surface area contributed by atoms with Gasteiger partial charge < -0.3 is 9.47 Å². The molecule has 3 rings (SSSR count). The van der Waals surface area contributed by atoms with E-state index in [0.717, 1.165) is 11.5 Å². The molecular formula is C12H14BrNO4S2. The first-order valence-electron chi connectivity index (χ1n) is 6.26. The van der Waals surface area contributed by atoms with Gasteiger partial charge in [-0.05, 0) is 22.0 Å². The maximum absolute atomic E-state index is 12.7. The molecule has 0 aliphatic carbocycles.